The van der Waals surface area contributed by atoms with Gasteiger partial charge in [-0.05, 0) is 62.6 Å². The number of benzene rings is 2. The van der Waals surface area contributed by atoms with E-state index in [-0.39, 0.29) is 11.7 Å². The van der Waals surface area contributed by atoms with Crippen LogP contribution in [0.5, 0.6) is 5.75 Å². The molecule has 0 aliphatic carbocycles. The molecule has 166 valence electrons. The Morgan fingerprint density at radius 1 is 1.09 bits per heavy atom. The van der Waals surface area contributed by atoms with E-state index < -0.39 is 0 Å². The highest BCUT2D eigenvalue weighted by Gasteiger charge is 2.14. The van der Waals surface area contributed by atoms with Crippen molar-refractivity contribution in [2.45, 2.75) is 39.0 Å². The van der Waals surface area contributed by atoms with Crippen molar-refractivity contribution in [3.05, 3.63) is 66.1 Å². The van der Waals surface area contributed by atoms with E-state index in [0.29, 0.717) is 18.3 Å². The van der Waals surface area contributed by atoms with Crippen molar-refractivity contribution in [3.8, 4) is 11.4 Å². The minimum atomic E-state index is -0.0400. The molecule has 0 spiro atoms. The van der Waals surface area contributed by atoms with Crippen LogP contribution in [0.25, 0.3) is 16.6 Å². The number of fused-ring (bicyclic) bond motifs is 1. The van der Waals surface area contributed by atoms with Crippen molar-refractivity contribution < 1.29 is 9.53 Å². The van der Waals surface area contributed by atoms with Gasteiger partial charge in [0.25, 0.3) is 0 Å². The Labute approximate surface area is 191 Å². The van der Waals surface area contributed by atoms with Gasteiger partial charge in [-0.15, -0.1) is 10.2 Å². The quantitative estimate of drug-likeness (QED) is 0.385. The zero-order valence-electron chi connectivity index (χ0n) is 18.5. The first kappa shape index (κ1) is 22.0. The summed E-state index contributed by atoms with van der Waals surface area (Å²) in [5.74, 6) is 1.81. The Morgan fingerprint density at radius 3 is 2.62 bits per heavy atom. The van der Waals surface area contributed by atoms with Crippen LogP contribution in [0.15, 0.2) is 59.8 Å². The first-order chi connectivity index (χ1) is 15.6. The molecule has 2 aromatic heterocycles. The van der Waals surface area contributed by atoms with Crippen molar-refractivity contribution in [2.75, 3.05) is 12.4 Å². The standard InChI is InChI=1S/C24H27N5O2S/c1-4-28-20(14-18-8-6-7-9-22(18)28)15-25-23(30)16-32-24-27-26-17(3)29(24)19-10-12-21(13-11-19)31-5-2/h6-14H,4-5,15-16H2,1-3H3,(H,25,30). The number of aryl methyl sites for hydroxylation is 2. The number of hydrogen-bond acceptors (Lipinski definition) is 5. The third kappa shape index (κ3) is 4.65. The number of thioether (sulfide) groups is 1. The highest BCUT2D eigenvalue weighted by molar-refractivity contribution is 7.99. The van der Waals surface area contributed by atoms with Gasteiger partial charge in [-0.2, -0.15) is 0 Å². The van der Waals surface area contributed by atoms with Gasteiger partial charge in [0.1, 0.15) is 11.6 Å². The molecule has 1 N–H and O–H groups in total. The predicted octanol–water partition coefficient (Wildman–Crippen LogP) is 4.36. The summed E-state index contributed by atoms with van der Waals surface area (Å²) < 4.78 is 9.69. The van der Waals surface area contributed by atoms with E-state index in [9.17, 15) is 4.79 Å². The van der Waals surface area contributed by atoms with Gasteiger partial charge in [0.15, 0.2) is 5.16 Å². The molecule has 0 saturated heterocycles. The monoisotopic (exact) mass is 449 g/mol. The number of carbonyl (C=O) groups excluding carboxylic acids is 1. The summed E-state index contributed by atoms with van der Waals surface area (Å²) in [6, 6.07) is 18.2. The second-order valence-corrected chi connectivity index (χ2v) is 8.24. The molecule has 0 fully saturated rings. The topological polar surface area (TPSA) is 74.0 Å². The third-order valence-electron chi connectivity index (χ3n) is 5.21. The van der Waals surface area contributed by atoms with Crippen molar-refractivity contribution in [2.24, 2.45) is 0 Å². The van der Waals surface area contributed by atoms with Crippen LogP contribution < -0.4 is 10.1 Å². The molecule has 2 heterocycles. The van der Waals surface area contributed by atoms with Gasteiger partial charge < -0.3 is 14.6 Å². The maximum atomic E-state index is 12.6. The highest BCUT2D eigenvalue weighted by Crippen LogP contribution is 2.24. The molecule has 4 rings (SSSR count). The van der Waals surface area contributed by atoms with Crippen LogP contribution in [0.1, 0.15) is 25.4 Å². The predicted molar refractivity (Wildman–Crippen MR) is 127 cm³/mol. The number of nitrogens with one attached hydrogen (secondary N) is 1. The van der Waals surface area contributed by atoms with Crippen molar-refractivity contribution >= 4 is 28.6 Å². The second kappa shape index (κ2) is 9.91. The van der Waals surface area contributed by atoms with Crippen LogP contribution in [-0.2, 0) is 17.9 Å². The lowest BCUT2D eigenvalue weighted by molar-refractivity contribution is -0.118. The summed E-state index contributed by atoms with van der Waals surface area (Å²) in [5.41, 5.74) is 3.22. The number of aromatic nitrogens is 4. The van der Waals surface area contributed by atoms with E-state index in [1.54, 1.807) is 0 Å². The van der Waals surface area contributed by atoms with E-state index in [0.717, 1.165) is 29.5 Å². The van der Waals surface area contributed by atoms with E-state index in [1.165, 1.54) is 22.7 Å². The van der Waals surface area contributed by atoms with E-state index in [4.69, 9.17) is 4.74 Å². The maximum Gasteiger partial charge on any atom is 0.230 e. The Morgan fingerprint density at radius 2 is 1.88 bits per heavy atom. The molecule has 7 nitrogen and oxygen atoms in total. The highest BCUT2D eigenvalue weighted by atomic mass is 32.2. The number of ether oxygens (including phenoxy) is 1. The molecule has 0 atom stereocenters. The van der Waals surface area contributed by atoms with Crippen LogP contribution in [0.4, 0.5) is 0 Å². The molecule has 0 bridgehead atoms. The fraction of sp³-hybridized carbons (Fsp3) is 0.292. The number of nitrogens with zero attached hydrogens (tertiary/aromatic N) is 4. The summed E-state index contributed by atoms with van der Waals surface area (Å²) in [7, 11) is 0. The number of amides is 1. The fourth-order valence-corrected chi connectivity index (χ4v) is 4.58. The average molecular weight is 450 g/mol. The lowest BCUT2D eigenvalue weighted by Gasteiger charge is -2.11. The summed E-state index contributed by atoms with van der Waals surface area (Å²) >= 11 is 1.37. The average Bonchev–Trinajstić information content (AvgIpc) is 3.36. The normalized spacial score (nSPS) is 11.1. The molecule has 0 saturated carbocycles. The lowest BCUT2D eigenvalue weighted by Crippen LogP contribution is -2.26. The van der Waals surface area contributed by atoms with Crippen LogP contribution in [0.3, 0.4) is 0 Å². The van der Waals surface area contributed by atoms with Crippen molar-refractivity contribution in [3.63, 3.8) is 0 Å². The van der Waals surface area contributed by atoms with Gasteiger partial charge >= 0.3 is 0 Å². The summed E-state index contributed by atoms with van der Waals surface area (Å²) in [6.45, 7) is 7.95. The molecule has 4 aromatic rings. The summed E-state index contributed by atoms with van der Waals surface area (Å²) in [4.78, 5) is 12.6. The van der Waals surface area contributed by atoms with Gasteiger partial charge in [-0.3, -0.25) is 9.36 Å². The largest absolute Gasteiger partial charge is 0.494 e. The van der Waals surface area contributed by atoms with Gasteiger partial charge in [0, 0.05) is 23.4 Å². The van der Waals surface area contributed by atoms with Crippen LogP contribution in [0, 0.1) is 6.92 Å². The zero-order chi connectivity index (χ0) is 22.5. The zero-order valence-corrected chi connectivity index (χ0v) is 19.4. The fourth-order valence-electron chi connectivity index (χ4n) is 3.75. The van der Waals surface area contributed by atoms with E-state index in [1.807, 2.05) is 54.8 Å². The minimum Gasteiger partial charge on any atom is -0.494 e. The van der Waals surface area contributed by atoms with Crippen LogP contribution in [-0.4, -0.2) is 37.6 Å². The van der Waals surface area contributed by atoms with Crippen molar-refractivity contribution in [1.82, 2.24) is 24.6 Å². The molecular formula is C24H27N5O2S. The Bertz CT molecular complexity index is 1210. The van der Waals surface area contributed by atoms with Gasteiger partial charge in [0.05, 0.1) is 18.9 Å². The van der Waals surface area contributed by atoms with E-state index in [2.05, 4.69) is 45.2 Å². The SMILES string of the molecule is CCOc1ccc(-n2c(C)nnc2SCC(=O)NCc2cc3ccccc3n2CC)cc1. The molecule has 0 unspecified atom stereocenters. The molecular weight excluding hydrogens is 422 g/mol. The first-order valence-electron chi connectivity index (χ1n) is 10.7. The van der Waals surface area contributed by atoms with E-state index >= 15 is 0 Å². The smallest absolute Gasteiger partial charge is 0.230 e. The van der Waals surface area contributed by atoms with Crippen LogP contribution in [0.2, 0.25) is 0 Å². The summed E-state index contributed by atoms with van der Waals surface area (Å²) in [6.07, 6.45) is 0. The van der Waals surface area contributed by atoms with Gasteiger partial charge in [-0.25, -0.2) is 0 Å². The maximum absolute atomic E-state index is 12.6. The van der Waals surface area contributed by atoms with Gasteiger partial charge in [-0.1, -0.05) is 30.0 Å². The number of carbonyl (C=O) groups is 1. The molecule has 0 aliphatic rings. The lowest BCUT2D eigenvalue weighted by atomic mass is 10.2. The number of hydrogen-bond donors (Lipinski definition) is 1. The Balaban J connectivity index is 1.40. The third-order valence-corrected chi connectivity index (χ3v) is 6.14. The number of para-hydroxylation sites is 1. The Hall–Kier alpha value is -3.26. The second-order valence-electron chi connectivity index (χ2n) is 7.30. The summed E-state index contributed by atoms with van der Waals surface area (Å²) in [5, 5.41) is 13.4. The van der Waals surface area contributed by atoms with Crippen LogP contribution >= 0.6 is 11.8 Å². The molecule has 2 aromatic carbocycles. The van der Waals surface area contributed by atoms with Crippen molar-refractivity contribution in [1.29, 1.82) is 0 Å². The molecule has 8 heteroatoms. The molecule has 1 amide bonds. The Kier molecular flexibility index (Phi) is 6.80. The first-order valence-corrected chi connectivity index (χ1v) is 11.7. The molecule has 0 aliphatic heterocycles. The molecule has 0 radical (unpaired) electrons. The minimum absolute atomic E-state index is 0.0400. The molecule has 32 heavy (non-hydrogen) atoms. The van der Waals surface area contributed by atoms with Gasteiger partial charge in [0.2, 0.25) is 5.91 Å². The number of rotatable bonds is 9.